The first-order chi connectivity index (χ1) is 8.02. The van der Waals surface area contributed by atoms with E-state index in [4.69, 9.17) is 4.74 Å². The van der Waals surface area contributed by atoms with Crippen LogP contribution in [0, 0.1) is 0 Å². The molecule has 1 aromatic rings. The summed E-state index contributed by atoms with van der Waals surface area (Å²) in [6.45, 7) is 2.47. The SMILES string of the molecule is COc1ccc(CCC(C)=O)cc1CN(C)C. The Labute approximate surface area is 103 Å². The molecule has 3 nitrogen and oxygen atoms in total. The van der Waals surface area contributed by atoms with Crippen LogP contribution >= 0.6 is 0 Å². The highest BCUT2D eigenvalue weighted by atomic mass is 16.5. The molecule has 0 radical (unpaired) electrons. The molecule has 0 spiro atoms. The molecule has 0 heterocycles. The Bertz CT molecular complexity index is 386. The maximum atomic E-state index is 11.0. The van der Waals surface area contributed by atoms with Gasteiger partial charge in [0.2, 0.25) is 0 Å². The van der Waals surface area contributed by atoms with Crippen LogP contribution in [0.3, 0.4) is 0 Å². The first-order valence-corrected chi connectivity index (χ1v) is 5.83. The second kappa shape index (κ2) is 6.40. The van der Waals surface area contributed by atoms with Gasteiger partial charge in [0.1, 0.15) is 11.5 Å². The predicted octanol–water partition coefficient (Wildman–Crippen LogP) is 2.28. The number of benzene rings is 1. The molecule has 0 atom stereocenters. The van der Waals surface area contributed by atoms with Crippen molar-refractivity contribution in [3.8, 4) is 5.75 Å². The van der Waals surface area contributed by atoms with Crippen molar-refractivity contribution in [2.45, 2.75) is 26.3 Å². The number of aryl methyl sites for hydroxylation is 1. The predicted molar refractivity (Wildman–Crippen MR) is 69.4 cm³/mol. The summed E-state index contributed by atoms with van der Waals surface area (Å²) in [4.78, 5) is 13.1. The second-order valence-corrected chi connectivity index (χ2v) is 4.59. The molecule has 17 heavy (non-hydrogen) atoms. The topological polar surface area (TPSA) is 29.5 Å². The highest BCUT2D eigenvalue weighted by Gasteiger charge is 2.06. The van der Waals surface area contributed by atoms with E-state index in [1.54, 1.807) is 14.0 Å². The number of carbonyl (C=O) groups excluding carboxylic acids is 1. The van der Waals surface area contributed by atoms with Gasteiger partial charge in [-0.2, -0.15) is 0 Å². The number of methoxy groups -OCH3 is 1. The molecule has 1 rings (SSSR count). The van der Waals surface area contributed by atoms with Gasteiger partial charge in [-0.05, 0) is 39.1 Å². The van der Waals surface area contributed by atoms with Gasteiger partial charge in [0.05, 0.1) is 7.11 Å². The fraction of sp³-hybridized carbons (Fsp3) is 0.500. The number of ketones is 1. The van der Waals surface area contributed by atoms with Gasteiger partial charge in [-0.3, -0.25) is 0 Å². The van der Waals surface area contributed by atoms with Gasteiger partial charge in [0.15, 0.2) is 0 Å². The van der Waals surface area contributed by atoms with E-state index in [1.807, 2.05) is 26.2 Å². The third kappa shape index (κ3) is 4.57. The number of hydrogen-bond acceptors (Lipinski definition) is 3. The Kier molecular flexibility index (Phi) is 5.16. The van der Waals surface area contributed by atoms with Crippen molar-refractivity contribution in [1.29, 1.82) is 0 Å². The zero-order valence-electron chi connectivity index (χ0n) is 11.1. The summed E-state index contributed by atoms with van der Waals surface area (Å²) in [5.74, 6) is 1.14. The molecule has 0 fully saturated rings. The monoisotopic (exact) mass is 235 g/mol. The summed E-state index contributed by atoms with van der Waals surface area (Å²) < 4.78 is 5.33. The first kappa shape index (κ1) is 13.7. The van der Waals surface area contributed by atoms with E-state index in [0.717, 1.165) is 18.7 Å². The maximum Gasteiger partial charge on any atom is 0.130 e. The van der Waals surface area contributed by atoms with Gasteiger partial charge in [0.25, 0.3) is 0 Å². The lowest BCUT2D eigenvalue weighted by molar-refractivity contribution is -0.116. The van der Waals surface area contributed by atoms with Gasteiger partial charge < -0.3 is 14.4 Å². The number of Topliss-reactive ketones (excluding diaryl/α,β-unsaturated/α-hetero) is 1. The number of ether oxygens (including phenoxy) is 1. The third-order valence-corrected chi connectivity index (χ3v) is 2.60. The lowest BCUT2D eigenvalue weighted by atomic mass is 10.0. The van der Waals surface area contributed by atoms with Crippen LogP contribution in [0.2, 0.25) is 0 Å². The van der Waals surface area contributed by atoms with Crippen LogP contribution in [0.4, 0.5) is 0 Å². The number of rotatable bonds is 6. The zero-order valence-corrected chi connectivity index (χ0v) is 11.1. The van der Waals surface area contributed by atoms with Crippen molar-refractivity contribution >= 4 is 5.78 Å². The van der Waals surface area contributed by atoms with E-state index in [0.29, 0.717) is 6.42 Å². The molecule has 1 aromatic carbocycles. The van der Waals surface area contributed by atoms with Gasteiger partial charge in [-0.1, -0.05) is 12.1 Å². The minimum atomic E-state index is 0.231. The van der Waals surface area contributed by atoms with Gasteiger partial charge >= 0.3 is 0 Å². The molecule has 0 saturated carbocycles. The molecular weight excluding hydrogens is 214 g/mol. The third-order valence-electron chi connectivity index (χ3n) is 2.60. The Hall–Kier alpha value is -1.35. The smallest absolute Gasteiger partial charge is 0.130 e. The molecular formula is C14H21NO2. The Morgan fingerprint density at radius 3 is 2.59 bits per heavy atom. The fourth-order valence-electron chi connectivity index (χ4n) is 1.77. The highest BCUT2D eigenvalue weighted by molar-refractivity contribution is 5.75. The first-order valence-electron chi connectivity index (χ1n) is 5.83. The normalized spacial score (nSPS) is 10.6. The van der Waals surface area contributed by atoms with Crippen molar-refractivity contribution < 1.29 is 9.53 Å². The van der Waals surface area contributed by atoms with Crippen LogP contribution in [0.1, 0.15) is 24.5 Å². The van der Waals surface area contributed by atoms with E-state index in [-0.39, 0.29) is 5.78 Å². The van der Waals surface area contributed by atoms with E-state index >= 15 is 0 Å². The van der Waals surface area contributed by atoms with Crippen molar-refractivity contribution in [1.82, 2.24) is 4.90 Å². The average Bonchev–Trinajstić information content (AvgIpc) is 2.25. The molecule has 0 aromatic heterocycles. The molecule has 0 amide bonds. The lowest BCUT2D eigenvalue weighted by Crippen LogP contribution is -2.12. The average molecular weight is 235 g/mol. The van der Waals surface area contributed by atoms with Crippen LogP contribution in [0.25, 0.3) is 0 Å². The Morgan fingerprint density at radius 2 is 2.06 bits per heavy atom. The van der Waals surface area contributed by atoms with Crippen LogP contribution in [0.5, 0.6) is 5.75 Å². The molecule has 3 heteroatoms. The fourth-order valence-corrected chi connectivity index (χ4v) is 1.77. The summed E-state index contributed by atoms with van der Waals surface area (Å²) in [7, 11) is 5.74. The van der Waals surface area contributed by atoms with E-state index < -0.39 is 0 Å². The second-order valence-electron chi connectivity index (χ2n) is 4.59. The van der Waals surface area contributed by atoms with Crippen molar-refractivity contribution in [2.24, 2.45) is 0 Å². The van der Waals surface area contributed by atoms with E-state index in [2.05, 4.69) is 11.0 Å². The molecule has 0 aliphatic carbocycles. The van der Waals surface area contributed by atoms with Crippen LogP contribution in [0.15, 0.2) is 18.2 Å². The molecule has 0 aliphatic rings. The summed E-state index contributed by atoms with van der Waals surface area (Å²) in [6.07, 6.45) is 1.41. The summed E-state index contributed by atoms with van der Waals surface area (Å²) in [5, 5.41) is 0. The summed E-state index contributed by atoms with van der Waals surface area (Å²) >= 11 is 0. The summed E-state index contributed by atoms with van der Waals surface area (Å²) in [5.41, 5.74) is 2.36. The molecule has 0 bridgehead atoms. The Morgan fingerprint density at radius 1 is 1.35 bits per heavy atom. The van der Waals surface area contributed by atoms with Crippen molar-refractivity contribution in [2.75, 3.05) is 21.2 Å². The lowest BCUT2D eigenvalue weighted by Gasteiger charge is -2.14. The number of carbonyl (C=O) groups is 1. The molecule has 0 saturated heterocycles. The largest absolute Gasteiger partial charge is 0.496 e. The van der Waals surface area contributed by atoms with Crippen LogP contribution in [-0.4, -0.2) is 31.9 Å². The quantitative estimate of drug-likeness (QED) is 0.757. The standard InChI is InChI=1S/C14H21NO2/c1-11(16)5-6-12-7-8-14(17-4)13(9-12)10-15(2)3/h7-9H,5-6,10H2,1-4H3. The Balaban J connectivity index is 2.84. The maximum absolute atomic E-state index is 11.0. The molecule has 0 N–H and O–H groups in total. The van der Waals surface area contributed by atoms with E-state index in [1.165, 1.54) is 11.1 Å². The zero-order chi connectivity index (χ0) is 12.8. The van der Waals surface area contributed by atoms with Crippen LogP contribution < -0.4 is 4.74 Å². The van der Waals surface area contributed by atoms with Gasteiger partial charge in [0, 0.05) is 18.5 Å². The van der Waals surface area contributed by atoms with E-state index in [9.17, 15) is 4.79 Å². The van der Waals surface area contributed by atoms with Gasteiger partial charge in [-0.15, -0.1) is 0 Å². The summed E-state index contributed by atoms with van der Waals surface area (Å²) in [6, 6.07) is 6.14. The molecule has 0 unspecified atom stereocenters. The highest BCUT2D eigenvalue weighted by Crippen LogP contribution is 2.21. The van der Waals surface area contributed by atoms with Crippen LogP contribution in [-0.2, 0) is 17.8 Å². The minimum Gasteiger partial charge on any atom is -0.496 e. The minimum absolute atomic E-state index is 0.231. The van der Waals surface area contributed by atoms with Gasteiger partial charge in [-0.25, -0.2) is 0 Å². The number of nitrogens with zero attached hydrogens (tertiary/aromatic N) is 1. The number of hydrogen-bond donors (Lipinski definition) is 0. The molecule has 0 aliphatic heterocycles. The van der Waals surface area contributed by atoms with Crippen molar-refractivity contribution in [3.63, 3.8) is 0 Å². The molecule has 94 valence electrons. The van der Waals surface area contributed by atoms with Crippen molar-refractivity contribution in [3.05, 3.63) is 29.3 Å².